The van der Waals surface area contributed by atoms with Gasteiger partial charge in [-0.05, 0) is 31.8 Å². The van der Waals surface area contributed by atoms with E-state index in [1.54, 1.807) is 0 Å². The van der Waals surface area contributed by atoms with Crippen molar-refractivity contribution in [2.45, 2.75) is 25.7 Å². The van der Waals surface area contributed by atoms with Crippen LogP contribution in [0.15, 0.2) is 36.1 Å². The third kappa shape index (κ3) is 2.24. The second-order valence-electron chi connectivity index (χ2n) is 3.70. The number of rotatable bonds is 1. The minimum absolute atomic E-state index is 1.08. The van der Waals surface area contributed by atoms with Gasteiger partial charge in [-0.15, -0.1) is 0 Å². The Labute approximate surface area is 80.4 Å². The highest BCUT2D eigenvalue weighted by Crippen LogP contribution is 2.17. The fourth-order valence-electron chi connectivity index (χ4n) is 1.95. The van der Waals surface area contributed by atoms with Crippen LogP contribution in [0.2, 0.25) is 0 Å². The highest BCUT2D eigenvalue weighted by molar-refractivity contribution is 5.25. The summed E-state index contributed by atoms with van der Waals surface area (Å²) in [5.41, 5.74) is 1.42. The molecular weight excluding hydrogens is 158 g/mol. The van der Waals surface area contributed by atoms with Gasteiger partial charge in [0.1, 0.15) is 0 Å². The van der Waals surface area contributed by atoms with Crippen LogP contribution in [0.3, 0.4) is 0 Å². The van der Waals surface area contributed by atoms with Gasteiger partial charge in [-0.3, -0.25) is 0 Å². The number of piperidine rings is 1. The number of hydrogen-bond acceptors (Lipinski definition) is 1. The monoisotopic (exact) mass is 175 g/mol. The van der Waals surface area contributed by atoms with Crippen molar-refractivity contribution in [1.82, 2.24) is 4.90 Å². The summed E-state index contributed by atoms with van der Waals surface area (Å²) in [5, 5.41) is 0. The van der Waals surface area contributed by atoms with Crippen LogP contribution in [0.4, 0.5) is 0 Å². The predicted octanol–water partition coefficient (Wildman–Crippen LogP) is 2.87. The lowest BCUT2D eigenvalue weighted by molar-refractivity contribution is 0.292. The Morgan fingerprint density at radius 3 is 2.69 bits per heavy atom. The molecule has 2 aliphatic rings. The molecule has 0 N–H and O–H groups in total. The maximum absolute atomic E-state index is 2.51. The molecule has 0 unspecified atom stereocenters. The minimum atomic E-state index is 1.08. The molecule has 0 aromatic carbocycles. The van der Waals surface area contributed by atoms with Crippen molar-refractivity contribution in [2.24, 2.45) is 0 Å². The number of nitrogens with zero attached hydrogens (tertiary/aromatic N) is 1. The number of allylic oxidation sites excluding steroid dienone is 5. The van der Waals surface area contributed by atoms with E-state index in [-0.39, 0.29) is 0 Å². The fourth-order valence-corrected chi connectivity index (χ4v) is 1.95. The average Bonchev–Trinajstić information content (AvgIpc) is 2.47. The van der Waals surface area contributed by atoms with Crippen LogP contribution in [0.5, 0.6) is 0 Å². The van der Waals surface area contributed by atoms with E-state index < -0.39 is 0 Å². The molecule has 0 radical (unpaired) electrons. The zero-order valence-electron chi connectivity index (χ0n) is 8.08. The molecule has 1 heteroatoms. The number of likely N-dealkylation sites (tertiary alicyclic amines) is 1. The largest absolute Gasteiger partial charge is 0.372 e. The summed E-state index contributed by atoms with van der Waals surface area (Å²) in [6, 6.07) is 0. The summed E-state index contributed by atoms with van der Waals surface area (Å²) in [6.07, 6.45) is 16.2. The lowest BCUT2D eigenvalue weighted by atomic mass is 10.1. The summed E-state index contributed by atoms with van der Waals surface area (Å²) in [5.74, 6) is 0. The molecule has 1 heterocycles. The van der Waals surface area contributed by atoms with Crippen LogP contribution in [-0.2, 0) is 0 Å². The first-order chi connectivity index (χ1) is 6.47. The maximum atomic E-state index is 2.51. The molecular formula is C12H17N. The highest BCUT2D eigenvalue weighted by Gasteiger charge is 2.10. The van der Waals surface area contributed by atoms with E-state index in [9.17, 15) is 0 Å². The van der Waals surface area contributed by atoms with Crippen molar-refractivity contribution >= 4 is 0 Å². The molecule has 0 saturated carbocycles. The third-order valence-electron chi connectivity index (χ3n) is 2.70. The first-order valence-corrected chi connectivity index (χ1v) is 5.25. The molecule has 0 aromatic rings. The van der Waals surface area contributed by atoms with E-state index in [4.69, 9.17) is 0 Å². The van der Waals surface area contributed by atoms with Gasteiger partial charge in [0.2, 0.25) is 0 Å². The summed E-state index contributed by atoms with van der Waals surface area (Å²) in [4.78, 5) is 2.51. The quantitative estimate of drug-likeness (QED) is 0.592. The molecule has 0 bridgehead atoms. The molecule has 1 aliphatic heterocycles. The van der Waals surface area contributed by atoms with Crippen molar-refractivity contribution in [1.29, 1.82) is 0 Å². The van der Waals surface area contributed by atoms with E-state index in [0.717, 1.165) is 6.42 Å². The van der Waals surface area contributed by atoms with Crippen LogP contribution in [-0.4, -0.2) is 18.0 Å². The Morgan fingerprint density at radius 2 is 1.85 bits per heavy atom. The van der Waals surface area contributed by atoms with Crippen LogP contribution in [0.25, 0.3) is 0 Å². The second kappa shape index (κ2) is 4.31. The van der Waals surface area contributed by atoms with Crippen molar-refractivity contribution in [2.75, 3.05) is 13.1 Å². The normalized spacial score (nSPS) is 22.8. The fraction of sp³-hybridized carbons (Fsp3) is 0.500. The van der Waals surface area contributed by atoms with Crippen LogP contribution in [0, 0.1) is 0 Å². The van der Waals surface area contributed by atoms with Gasteiger partial charge in [0.05, 0.1) is 0 Å². The van der Waals surface area contributed by atoms with Gasteiger partial charge in [-0.25, -0.2) is 0 Å². The van der Waals surface area contributed by atoms with Gasteiger partial charge in [0.25, 0.3) is 0 Å². The second-order valence-corrected chi connectivity index (χ2v) is 3.70. The molecule has 1 fully saturated rings. The standard InChI is InChI=1S/C12H17N/c1-2-5-9-12(8-4-1)13-10-6-3-7-11-13/h1-2,4,8-9H,3,5-7,10-11H2. The van der Waals surface area contributed by atoms with E-state index in [1.807, 2.05) is 0 Å². The minimum Gasteiger partial charge on any atom is -0.372 e. The molecule has 0 aromatic heterocycles. The van der Waals surface area contributed by atoms with Crippen LogP contribution < -0.4 is 0 Å². The van der Waals surface area contributed by atoms with E-state index >= 15 is 0 Å². The molecule has 1 aliphatic carbocycles. The molecule has 13 heavy (non-hydrogen) atoms. The van der Waals surface area contributed by atoms with Gasteiger partial charge in [0.15, 0.2) is 0 Å². The highest BCUT2D eigenvalue weighted by atomic mass is 15.1. The Hall–Kier alpha value is -0.980. The summed E-state index contributed by atoms with van der Waals surface area (Å²) in [6.45, 7) is 2.49. The van der Waals surface area contributed by atoms with Crippen molar-refractivity contribution in [3.05, 3.63) is 36.1 Å². The summed E-state index contributed by atoms with van der Waals surface area (Å²) < 4.78 is 0. The number of hydrogen-bond donors (Lipinski definition) is 0. The van der Waals surface area contributed by atoms with Gasteiger partial charge in [-0.2, -0.15) is 0 Å². The third-order valence-corrected chi connectivity index (χ3v) is 2.70. The van der Waals surface area contributed by atoms with Gasteiger partial charge < -0.3 is 4.90 Å². The van der Waals surface area contributed by atoms with Crippen molar-refractivity contribution in [3.63, 3.8) is 0 Å². The summed E-state index contributed by atoms with van der Waals surface area (Å²) in [7, 11) is 0. The van der Waals surface area contributed by atoms with E-state index in [1.165, 1.54) is 38.0 Å². The predicted molar refractivity (Wildman–Crippen MR) is 56.4 cm³/mol. The Kier molecular flexibility index (Phi) is 2.86. The maximum Gasteiger partial charge on any atom is 0.0328 e. The van der Waals surface area contributed by atoms with Crippen LogP contribution in [0.1, 0.15) is 25.7 Å². The SMILES string of the molecule is C1=CCC=C(N2CCCCC2)C=C1. The molecule has 0 amide bonds. The molecule has 0 atom stereocenters. The molecule has 2 rings (SSSR count). The van der Waals surface area contributed by atoms with E-state index in [0.29, 0.717) is 0 Å². The Bertz CT molecular complexity index is 242. The first-order valence-electron chi connectivity index (χ1n) is 5.25. The van der Waals surface area contributed by atoms with Crippen molar-refractivity contribution < 1.29 is 0 Å². The average molecular weight is 175 g/mol. The van der Waals surface area contributed by atoms with Gasteiger partial charge >= 0.3 is 0 Å². The topological polar surface area (TPSA) is 3.24 Å². The van der Waals surface area contributed by atoms with Gasteiger partial charge in [-0.1, -0.05) is 24.3 Å². The Balaban J connectivity index is 2.02. The zero-order chi connectivity index (χ0) is 8.93. The zero-order valence-corrected chi connectivity index (χ0v) is 8.08. The van der Waals surface area contributed by atoms with Crippen LogP contribution >= 0.6 is 0 Å². The molecule has 70 valence electrons. The Morgan fingerprint density at radius 1 is 1.00 bits per heavy atom. The van der Waals surface area contributed by atoms with Gasteiger partial charge in [0, 0.05) is 18.8 Å². The smallest absolute Gasteiger partial charge is 0.0328 e. The molecule has 0 spiro atoms. The lowest BCUT2D eigenvalue weighted by Gasteiger charge is -2.29. The summed E-state index contributed by atoms with van der Waals surface area (Å²) >= 11 is 0. The molecule has 1 nitrogen and oxygen atoms in total. The first kappa shape index (κ1) is 8.61. The lowest BCUT2D eigenvalue weighted by Crippen LogP contribution is -2.28. The molecule has 1 saturated heterocycles. The van der Waals surface area contributed by atoms with E-state index in [2.05, 4.69) is 35.3 Å². The van der Waals surface area contributed by atoms with Crippen molar-refractivity contribution in [3.8, 4) is 0 Å².